The third kappa shape index (κ3) is 4.58. The Labute approximate surface area is 110 Å². The zero-order valence-electron chi connectivity index (χ0n) is 12.0. The molecule has 0 aromatic rings. The third-order valence-corrected chi connectivity index (χ3v) is 3.58. The number of hydrogen-bond acceptors (Lipinski definition) is 3. The summed E-state index contributed by atoms with van der Waals surface area (Å²) in [5.41, 5.74) is -0.118. The van der Waals surface area contributed by atoms with Gasteiger partial charge in [0.2, 0.25) is 5.91 Å². The molecule has 2 N–H and O–H groups in total. The molecule has 1 saturated carbocycles. The number of nitrogens with one attached hydrogen (secondary N) is 2. The number of rotatable bonds is 5. The Morgan fingerprint density at radius 2 is 2.00 bits per heavy atom. The summed E-state index contributed by atoms with van der Waals surface area (Å²) in [4.78, 5) is 14.2. The van der Waals surface area contributed by atoms with Gasteiger partial charge in [-0.05, 0) is 40.0 Å². The second-order valence-electron chi connectivity index (χ2n) is 6.71. The second kappa shape index (κ2) is 5.57. The molecule has 1 heterocycles. The van der Waals surface area contributed by atoms with Crippen molar-refractivity contribution in [3.63, 3.8) is 0 Å². The van der Waals surface area contributed by atoms with Crippen LogP contribution in [0, 0.1) is 0 Å². The van der Waals surface area contributed by atoms with Gasteiger partial charge in [-0.1, -0.05) is 0 Å². The number of carbonyl (C=O) groups is 1. The summed E-state index contributed by atoms with van der Waals surface area (Å²) in [7, 11) is 0. The molecule has 1 amide bonds. The van der Waals surface area contributed by atoms with E-state index in [1.807, 2.05) is 20.8 Å². The van der Waals surface area contributed by atoms with E-state index >= 15 is 0 Å². The van der Waals surface area contributed by atoms with Gasteiger partial charge in [-0.2, -0.15) is 0 Å². The Balaban J connectivity index is 1.57. The summed E-state index contributed by atoms with van der Waals surface area (Å²) in [5, 5.41) is 6.50. The summed E-state index contributed by atoms with van der Waals surface area (Å²) in [6.07, 6.45) is 4.59. The largest absolute Gasteiger partial charge is 0.351 e. The van der Waals surface area contributed by atoms with E-state index in [1.54, 1.807) is 0 Å². The lowest BCUT2D eigenvalue weighted by Gasteiger charge is -2.21. The molecule has 0 aromatic carbocycles. The van der Waals surface area contributed by atoms with E-state index in [4.69, 9.17) is 0 Å². The molecule has 0 radical (unpaired) electrons. The highest BCUT2D eigenvalue weighted by Gasteiger charge is 2.34. The molecule has 2 rings (SSSR count). The Morgan fingerprint density at radius 3 is 2.61 bits per heavy atom. The fourth-order valence-corrected chi connectivity index (χ4v) is 2.60. The maximum atomic E-state index is 11.7. The van der Waals surface area contributed by atoms with Crippen LogP contribution in [0.2, 0.25) is 0 Å². The van der Waals surface area contributed by atoms with Crippen molar-refractivity contribution in [3.05, 3.63) is 0 Å². The van der Waals surface area contributed by atoms with Crippen LogP contribution in [0.15, 0.2) is 0 Å². The molecule has 1 unspecified atom stereocenters. The van der Waals surface area contributed by atoms with E-state index < -0.39 is 0 Å². The summed E-state index contributed by atoms with van der Waals surface area (Å²) in [6, 6.07) is 1.47. The Morgan fingerprint density at radius 1 is 1.28 bits per heavy atom. The van der Waals surface area contributed by atoms with E-state index in [9.17, 15) is 4.79 Å². The van der Waals surface area contributed by atoms with Crippen molar-refractivity contribution in [3.8, 4) is 0 Å². The normalized spacial score (nSPS) is 25.4. The first-order valence-electron chi connectivity index (χ1n) is 7.22. The zero-order chi connectivity index (χ0) is 13.2. The van der Waals surface area contributed by atoms with Gasteiger partial charge in [0, 0.05) is 43.7 Å². The average molecular weight is 253 g/mol. The van der Waals surface area contributed by atoms with Crippen LogP contribution in [-0.2, 0) is 4.79 Å². The standard InChI is InChI=1S/C14H27N3O/c1-14(2,3)16-13(18)6-8-15-11-7-9-17(10-11)12-4-5-12/h11-12,15H,4-10H2,1-3H3,(H,16,18). The van der Waals surface area contributed by atoms with Crippen molar-refractivity contribution in [2.24, 2.45) is 0 Å². The molecule has 1 aliphatic heterocycles. The summed E-state index contributed by atoms with van der Waals surface area (Å²) in [6.45, 7) is 9.25. The first kappa shape index (κ1) is 13.8. The molecule has 1 atom stereocenters. The number of likely N-dealkylation sites (tertiary alicyclic amines) is 1. The van der Waals surface area contributed by atoms with Crippen LogP contribution < -0.4 is 10.6 Å². The number of hydrogen-bond donors (Lipinski definition) is 2. The minimum absolute atomic E-state index is 0.118. The van der Waals surface area contributed by atoms with Gasteiger partial charge in [0.25, 0.3) is 0 Å². The lowest BCUT2D eigenvalue weighted by atomic mass is 10.1. The molecule has 0 spiro atoms. The first-order chi connectivity index (χ1) is 8.44. The van der Waals surface area contributed by atoms with Gasteiger partial charge >= 0.3 is 0 Å². The van der Waals surface area contributed by atoms with Gasteiger partial charge in [-0.25, -0.2) is 0 Å². The molecule has 4 nitrogen and oxygen atoms in total. The van der Waals surface area contributed by atoms with E-state index in [-0.39, 0.29) is 11.4 Å². The summed E-state index contributed by atoms with van der Waals surface area (Å²) >= 11 is 0. The minimum Gasteiger partial charge on any atom is -0.351 e. The molecule has 0 aromatic heterocycles. The monoisotopic (exact) mass is 253 g/mol. The van der Waals surface area contributed by atoms with Gasteiger partial charge in [-0.3, -0.25) is 9.69 Å². The average Bonchev–Trinajstić information content (AvgIpc) is 2.97. The van der Waals surface area contributed by atoms with Crippen molar-refractivity contribution in [1.82, 2.24) is 15.5 Å². The van der Waals surface area contributed by atoms with E-state index in [2.05, 4.69) is 15.5 Å². The molecular weight excluding hydrogens is 226 g/mol. The van der Waals surface area contributed by atoms with Crippen LogP contribution in [0.3, 0.4) is 0 Å². The quantitative estimate of drug-likeness (QED) is 0.771. The van der Waals surface area contributed by atoms with Crippen LogP contribution in [0.25, 0.3) is 0 Å². The molecular formula is C14H27N3O. The van der Waals surface area contributed by atoms with Gasteiger partial charge in [-0.15, -0.1) is 0 Å². The molecule has 18 heavy (non-hydrogen) atoms. The predicted octanol–water partition coefficient (Wildman–Crippen LogP) is 1.12. The van der Waals surface area contributed by atoms with Gasteiger partial charge in [0.1, 0.15) is 0 Å². The molecule has 1 saturated heterocycles. The van der Waals surface area contributed by atoms with Crippen LogP contribution >= 0.6 is 0 Å². The third-order valence-electron chi connectivity index (χ3n) is 3.58. The van der Waals surface area contributed by atoms with E-state index in [0.29, 0.717) is 12.5 Å². The number of amides is 1. The molecule has 1 aliphatic carbocycles. The first-order valence-corrected chi connectivity index (χ1v) is 7.22. The maximum absolute atomic E-state index is 11.7. The highest BCUT2D eigenvalue weighted by atomic mass is 16.1. The van der Waals surface area contributed by atoms with Crippen molar-refractivity contribution < 1.29 is 4.79 Å². The van der Waals surface area contributed by atoms with Gasteiger partial charge < -0.3 is 10.6 Å². The van der Waals surface area contributed by atoms with Crippen LogP contribution in [0.1, 0.15) is 46.5 Å². The Kier molecular flexibility index (Phi) is 4.28. The highest BCUT2D eigenvalue weighted by Crippen LogP contribution is 2.29. The highest BCUT2D eigenvalue weighted by molar-refractivity contribution is 5.76. The van der Waals surface area contributed by atoms with Crippen LogP contribution in [-0.4, -0.2) is 48.1 Å². The molecule has 2 aliphatic rings. The van der Waals surface area contributed by atoms with Crippen LogP contribution in [0.5, 0.6) is 0 Å². The number of nitrogens with zero attached hydrogens (tertiary/aromatic N) is 1. The van der Waals surface area contributed by atoms with E-state index in [0.717, 1.165) is 12.6 Å². The Bertz CT molecular complexity index is 294. The van der Waals surface area contributed by atoms with Crippen molar-refractivity contribution in [1.29, 1.82) is 0 Å². The molecule has 0 bridgehead atoms. The lowest BCUT2D eigenvalue weighted by molar-refractivity contribution is -0.122. The molecule has 104 valence electrons. The summed E-state index contributed by atoms with van der Waals surface area (Å²) < 4.78 is 0. The minimum atomic E-state index is -0.118. The zero-order valence-corrected chi connectivity index (χ0v) is 12.0. The van der Waals surface area contributed by atoms with Crippen LogP contribution in [0.4, 0.5) is 0 Å². The van der Waals surface area contributed by atoms with Crippen molar-refractivity contribution in [2.75, 3.05) is 19.6 Å². The molecule has 4 heteroatoms. The molecule has 2 fully saturated rings. The predicted molar refractivity (Wildman–Crippen MR) is 73.5 cm³/mol. The van der Waals surface area contributed by atoms with Crippen molar-refractivity contribution >= 4 is 5.91 Å². The van der Waals surface area contributed by atoms with Crippen molar-refractivity contribution in [2.45, 2.75) is 64.1 Å². The topological polar surface area (TPSA) is 44.4 Å². The fraction of sp³-hybridized carbons (Fsp3) is 0.929. The van der Waals surface area contributed by atoms with Gasteiger partial charge in [0.05, 0.1) is 0 Å². The van der Waals surface area contributed by atoms with E-state index in [1.165, 1.54) is 32.4 Å². The second-order valence-corrected chi connectivity index (χ2v) is 6.71. The maximum Gasteiger partial charge on any atom is 0.221 e. The number of carbonyl (C=O) groups excluding carboxylic acids is 1. The Hall–Kier alpha value is -0.610. The SMILES string of the molecule is CC(C)(C)NC(=O)CCNC1CCN(C2CC2)C1. The smallest absolute Gasteiger partial charge is 0.221 e. The summed E-state index contributed by atoms with van der Waals surface area (Å²) in [5.74, 6) is 0.145. The fourth-order valence-electron chi connectivity index (χ4n) is 2.60. The van der Waals surface area contributed by atoms with Gasteiger partial charge in [0.15, 0.2) is 0 Å². The lowest BCUT2D eigenvalue weighted by Crippen LogP contribution is -2.42.